The van der Waals surface area contributed by atoms with Crippen LogP contribution < -0.4 is 4.74 Å². The van der Waals surface area contributed by atoms with Crippen LogP contribution in [0.4, 0.5) is 4.39 Å². The van der Waals surface area contributed by atoms with E-state index in [4.69, 9.17) is 16.3 Å². The highest BCUT2D eigenvalue weighted by Crippen LogP contribution is 2.29. The van der Waals surface area contributed by atoms with Gasteiger partial charge in [-0.2, -0.15) is 0 Å². The van der Waals surface area contributed by atoms with Crippen LogP contribution in [0.5, 0.6) is 5.75 Å². The average Bonchev–Trinajstić information content (AvgIpc) is 2.17. The van der Waals surface area contributed by atoms with Crippen LogP contribution in [0, 0.1) is 5.82 Å². The summed E-state index contributed by atoms with van der Waals surface area (Å²) in [5.41, 5.74) is 0.550. The van der Waals surface area contributed by atoms with Gasteiger partial charge >= 0.3 is 0 Å². The first-order valence-electron chi connectivity index (χ1n) is 4.66. The van der Waals surface area contributed by atoms with Crippen molar-refractivity contribution in [2.24, 2.45) is 0 Å². The fraction of sp³-hybridized carbons (Fsp3) is 0.455. The van der Waals surface area contributed by atoms with Gasteiger partial charge < -0.3 is 4.74 Å². The van der Waals surface area contributed by atoms with Crippen molar-refractivity contribution in [1.29, 1.82) is 0 Å². The molecule has 0 saturated carbocycles. The Kier molecular flexibility index (Phi) is 4.21. The predicted octanol–water partition coefficient (Wildman–Crippen LogP) is 3.91. The maximum atomic E-state index is 13.4. The van der Waals surface area contributed by atoms with E-state index in [1.807, 2.05) is 6.92 Å². The molecule has 0 amide bonds. The number of hydrogen-bond acceptors (Lipinski definition) is 1. The molecule has 1 aromatic carbocycles. The lowest BCUT2D eigenvalue weighted by atomic mass is 10.1. The first-order chi connectivity index (χ1) is 6.69. The van der Waals surface area contributed by atoms with Gasteiger partial charge in [-0.15, -0.1) is 11.6 Å². The average molecular weight is 217 g/mol. The van der Waals surface area contributed by atoms with Gasteiger partial charge in [0.15, 0.2) is 0 Å². The minimum atomic E-state index is -0.294. The van der Waals surface area contributed by atoms with Crippen molar-refractivity contribution in [2.45, 2.75) is 25.1 Å². The van der Waals surface area contributed by atoms with Crippen LogP contribution in [-0.2, 0) is 0 Å². The van der Waals surface area contributed by atoms with Crippen LogP contribution in [-0.4, -0.2) is 7.11 Å². The molecule has 0 aromatic heterocycles. The fourth-order valence-corrected chi connectivity index (χ4v) is 1.69. The second-order valence-electron chi connectivity index (χ2n) is 3.14. The minimum absolute atomic E-state index is 0.245. The molecule has 0 aliphatic heterocycles. The van der Waals surface area contributed by atoms with Crippen molar-refractivity contribution in [1.82, 2.24) is 0 Å². The van der Waals surface area contributed by atoms with Crippen molar-refractivity contribution < 1.29 is 9.13 Å². The summed E-state index contributed by atoms with van der Waals surface area (Å²) in [6.45, 7) is 2.02. The number of rotatable bonds is 4. The molecule has 0 N–H and O–H groups in total. The Morgan fingerprint density at radius 2 is 2.21 bits per heavy atom. The van der Waals surface area contributed by atoms with Gasteiger partial charge in [0.05, 0.1) is 12.5 Å². The number of ether oxygens (including phenoxy) is 1. The zero-order valence-corrected chi connectivity index (χ0v) is 9.14. The number of halogens is 2. The van der Waals surface area contributed by atoms with Crippen LogP contribution in [0.15, 0.2) is 18.2 Å². The Labute approximate surface area is 88.8 Å². The van der Waals surface area contributed by atoms with Gasteiger partial charge in [-0.3, -0.25) is 0 Å². The summed E-state index contributed by atoms with van der Waals surface area (Å²) >= 11 is 6.03. The smallest absolute Gasteiger partial charge is 0.131 e. The van der Waals surface area contributed by atoms with Crippen molar-refractivity contribution in [3.8, 4) is 5.75 Å². The Morgan fingerprint density at radius 3 is 2.71 bits per heavy atom. The van der Waals surface area contributed by atoms with Crippen molar-refractivity contribution in [3.63, 3.8) is 0 Å². The molecular weight excluding hydrogens is 203 g/mol. The molecule has 0 spiro atoms. The van der Waals surface area contributed by atoms with E-state index in [-0.39, 0.29) is 11.2 Å². The molecule has 0 aliphatic rings. The molecule has 1 rings (SSSR count). The van der Waals surface area contributed by atoms with Crippen molar-refractivity contribution in [2.75, 3.05) is 7.11 Å². The molecule has 1 unspecified atom stereocenters. The van der Waals surface area contributed by atoms with E-state index < -0.39 is 0 Å². The summed E-state index contributed by atoms with van der Waals surface area (Å²) in [4.78, 5) is 0. The highest BCUT2D eigenvalue weighted by atomic mass is 35.5. The van der Waals surface area contributed by atoms with E-state index in [0.717, 1.165) is 12.8 Å². The lowest BCUT2D eigenvalue weighted by molar-refractivity contribution is 0.410. The number of benzene rings is 1. The number of hydrogen-bond donors (Lipinski definition) is 0. The summed E-state index contributed by atoms with van der Waals surface area (Å²) < 4.78 is 18.4. The number of alkyl halides is 1. The summed E-state index contributed by atoms with van der Waals surface area (Å²) in [5.74, 6) is 0.226. The maximum absolute atomic E-state index is 13.4. The summed E-state index contributed by atoms with van der Waals surface area (Å²) in [6.07, 6.45) is 1.73. The molecule has 0 bridgehead atoms. The van der Waals surface area contributed by atoms with Crippen LogP contribution in [0.2, 0.25) is 0 Å². The zero-order valence-electron chi connectivity index (χ0n) is 8.39. The van der Waals surface area contributed by atoms with Crippen molar-refractivity contribution in [3.05, 3.63) is 29.6 Å². The molecule has 0 aliphatic carbocycles. The highest BCUT2D eigenvalue weighted by Gasteiger charge is 2.12. The second kappa shape index (κ2) is 5.20. The van der Waals surface area contributed by atoms with Crippen LogP contribution in [0.3, 0.4) is 0 Å². The predicted molar refractivity (Wildman–Crippen MR) is 56.5 cm³/mol. The first kappa shape index (κ1) is 11.3. The maximum Gasteiger partial charge on any atom is 0.131 e. The monoisotopic (exact) mass is 216 g/mol. The van der Waals surface area contributed by atoms with Gasteiger partial charge in [0.2, 0.25) is 0 Å². The quantitative estimate of drug-likeness (QED) is 0.694. The molecule has 0 heterocycles. The third-order valence-corrected chi connectivity index (χ3v) is 2.54. The van der Waals surface area contributed by atoms with E-state index in [0.29, 0.717) is 11.3 Å². The van der Waals surface area contributed by atoms with E-state index in [1.54, 1.807) is 12.1 Å². The largest absolute Gasteiger partial charge is 0.497 e. The molecule has 78 valence electrons. The van der Waals surface area contributed by atoms with Crippen LogP contribution >= 0.6 is 11.6 Å². The highest BCUT2D eigenvalue weighted by molar-refractivity contribution is 6.20. The molecular formula is C11H14ClFO. The Balaban J connectivity index is 2.88. The van der Waals surface area contributed by atoms with Gasteiger partial charge in [-0.05, 0) is 12.5 Å². The zero-order chi connectivity index (χ0) is 10.6. The number of methoxy groups -OCH3 is 1. The van der Waals surface area contributed by atoms with E-state index >= 15 is 0 Å². The first-order valence-corrected chi connectivity index (χ1v) is 5.10. The van der Waals surface area contributed by atoms with Gasteiger partial charge in [-0.25, -0.2) is 4.39 Å². The Hall–Kier alpha value is -0.760. The van der Waals surface area contributed by atoms with Gasteiger partial charge in [-0.1, -0.05) is 19.4 Å². The molecule has 1 nitrogen and oxygen atoms in total. The van der Waals surface area contributed by atoms with Crippen molar-refractivity contribution >= 4 is 11.6 Å². The van der Waals surface area contributed by atoms with Crippen LogP contribution in [0.25, 0.3) is 0 Å². The summed E-state index contributed by atoms with van der Waals surface area (Å²) in [5, 5.41) is -0.245. The normalized spacial score (nSPS) is 12.6. The molecule has 0 fully saturated rings. The third-order valence-electron chi connectivity index (χ3n) is 2.09. The molecule has 14 heavy (non-hydrogen) atoms. The fourth-order valence-electron chi connectivity index (χ4n) is 1.30. The molecule has 1 atom stereocenters. The molecule has 1 aromatic rings. The minimum Gasteiger partial charge on any atom is -0.497 e. The third kappa shape index (κ3) is 2.61. The summed E-state index contributed by atoms with van der Waals surface area (Å²) in [6, 6.07) is 4.77. The van der Waals surface area contributed by atoms with Gasteiger partial charge in [0.1, 0.15) is 11.6 Å². The van der Waals surface area contributed by atoms with Gasteiger partial charge in [0.25, 0.3) is 0 Å². The molecule has 0 saturated heterocycles. The lowest BCUT2D eigenvalue weighted by Crippen LogP contribution is -1.95. The SMILES string of the molecule is CCCC(Cl)c1ccc(OC)cc1F. The van der Waals surface area contributed by atoms with Gasteiger partial charge in [0, 0.05) is 11.6 Å². The van der Waals surface area contributed by atoms with E-state index in [2.05, 4.69) is 0 Å². The van der Waals surface area contributed by atoms with Crippen LogP contribution in [0.1, 0.15) is 30.7 Å². The Bertz CT molecular complexity index is 301. The molecule has 0 radical (unpaired) electrons. The Morgan fingerprint density at radius 1 is 1.50 bits per heavy atom. The summed E-state index contributed by atoms with van der Waals surface area (Å²) in [7, 11) is 1.51. The standard InChI is InChI=1S/C11H14ClFO/c1-3-4-10(12)9-6-5-8(14-2)7-11(9)13/h5-7,10H,3-4H2,1-2H3. The van der Waals surface area contributed by atoms with E-state index in [9.17, 15) is 4.39 Å². The molecule has 3 heteroatoms. The van der Waals surface area contributed by atoms with E-state index in [1.165, 1.54) is 13.2 Å². The lowest BCUT2D eigenvalue weighted by Gasteiger charge is -2.10. The second-order valence-corrected chi connectivity index (χ2v) is 3.67. The topological polar surface area (TPSA) is 9.23 Å².